The number of ketones is 1. The number of carbonyl (C=O) groups excluding carboxylic acids is 2. The Labute approximate surface area is 112 Å². The summed E-state index contributed by atoms with van der Waals surface area (Å²) in [5.41, 5.74) is 0.718. The summed E-state index contributed by atoms with van der Waals surface area (Å²) in [6.45, 7) is 0. The van der Waals surface area contributed by atoms with Gasteiger partial charge in [0.05, 0.1) is 16.7 Å². The fourth-order valence-electron chi connectivity index (χ4n) is 2.58. The van der Waals surface area contributed by atoms with Gasteiger partial charge < -0.3 is 9.47 Å². The first-order chi connectivity index (χ1) is 9.62. The van der Waals surface area contributed by atoms with E-state index in [2.05, 4.69) is 0 Å². The van der Waals surface area contributed by atoms with Gasteiger partial charge in [-0.2, -0.15) is 0 Å². The van der Waals surface area contributed by atoms with Crippen LogP contribution in [0.5, 0.6) is 5.75 Å². The van der Waals surface area contributed by atoms with Crippen LogP contribution in [-0.2, 0) is 10.5 Å². The van der Waals surface area contributed by atoms with Crippen molar-refractivity contribution in [2.75, 3.05) is 0 Å². The first-order valence-corrected chi connectivity index (χ1v) is 5.98. The molecule has 2 aliphatic heterocycles. The van der Waals surface area contributed by atoms with Crippen molar-refractivity contribution in [3.05, 3.63) is 65.0 Å². The van der Waals surface area contributed by atoms with Gasteiger partial charge in [0.2, 0.25) is 0 Å². The van der Waals surface area contributed by atoms with Gasteiger partial charge in [0.15, 0.2) is 0 Å². The lowest BCUT2D eigenvalue weighted by molar-refractivity contribution is -0.0978. The molecular weight excluding hydrogens is 263 g/mol. The number of halogens is 1. The molecule has 1 spiro atoms. The maximum Gasteiger partial charge on any atom is 0.347 e. The number of Topliss-reactive ketones (excluding diaryl/α,β-unsaturated/α-hetero) is 1. The highest BCUT2D eigenvalue weighted by molar-refractivity contribution is 6.12. The lowest BCUT2D eigenvalue weighted by atomic mass is 9.97. The van der Waals surface area contributed by atoms with Crippen LogP contribution < -0.4 is 4.74 Å². The molecule has 0 amide bonds. The second kappa shape index (κ2) is 3.45. The van der Waals surface area contributed by atoms with Crippen molar-refractivity contribution in [3.8, 4) is 5.75 Å². The van der Waals surface area contributed by atoms with E-state index in [1.165, 1.54) is 12.1 Å². The summed E-state index contributed by atoms with van der Waals surface area (Å²) in [6, 6.07) is 10.1. The fourth-order valence-corrected chi connectivity index (χ4v) is 2.58. The third kappa shape index (κ3) is 1.19. The van der Waals surface area contributed by atoms with E-state index in [-0.39, 0.29) is 16.9 Å². The van der Waals surface area contributed by atoms with Gasteiger partial charge in [-0.15, -0.1) is 0 Å². The van der Waals surface area contributed by atoms with E-state index in [1.807, 2.05) is 0 Å². The number of fused-ring (bicyclic) bond motifs is 3. The Morgan fingerprint density at radius 3 is 2.60 bits per heavy atom. The van der Waals surface area contributed by atoms with E-state index in [4.69, 9.17) is 9.47 Å². The average molecular weight is 270 g/mol. The lowest BCUT2D eigenvalue weighted by Crippen LogP contribution is -2.37. The molecule has 4 nitrogen and oxygen atoms in total. The van der Waals surface area contributed by atoms with Gasteiger partial charge in [-0.05, 0) is 30.3 Å². The third-order valence-electron chi connectivity index (χ3n) is 3.48. The molecule has 4 rings (SSSR count). The molecule has 0 radical (unpaired) electrons. The first kappa shape index (κ1) is 11.2. The lowest BCUT2D eigenvalue weighted by Gasteiger charge is -2.20. The van der Waals surface area contributed by atoms with Crippen molar-refractivity contribution in [3.63, 3.8) is 0 Å². The average Bonchev–Trinajstić information content (AvgIpc) is 2.89. The van der Waals surface area contributed by atoms with Crippen LogP contribution in [0.1, 0.15) is 26.3 Å². The topological polar surface area (TPSA) is 52.6 Å². The van der Waals surface area contributed by atoms with E-state index in [9.17, 15) is 14.0 Å². The Hall–Kier alpha value is -2.69. The standard InChI is InChI=1S/C15H7FO4/c16-8-5-6-12-10(7-8)13(17)15(19-12)11-4-2-1-3-9(11)14(18)20-15/h1-7H. The number of hydrogen-bond acceptors (Lipinski definition) is 4. The van der Waals surface area contributed by atoms with Crippen molar-refractivity contribution in [1.82, 2.24) is 0 Å². The van der Waals surface area contributed by atoms with E-state index in [1.54, 1.807) is 24.3 Å². The summed E-state index contributed by atoms with van der Waals surface area (Å²) < 4.78 is 24.0. The van der Waals surface area contributed by atoms with Gasteiger partial charge in [-0.3, -0.25) is 4.79 Å². The van der Waals surface area contributed by atoms with Crippen molar-refractivity contribution in [2.24, 2.45) is 0 Å². The SMILES string of the molecule is O=C1OC2(Oc3ccc(F)cc3C2=O)c2ccccc21. The van der Waals surface area contributed by atoms with Gasteiger partial charge in [-0.25, -0.2) is 9.18 Å². The zero-order chi connectivity index (χ0) is 13.9. The number of carbonyl (C=O) groups is 2. The zero-order valence-corrected chi connectivity index (χ0v) is 10.1. The second-order valence-electron chi connectivity index (χ2n) is 4.62. The molecule has 98 valence electrons. The summed E-state index contributed by atoms with van der Waals surface area (Å²) in [7, 11) is 0. The van der Waals surface area contributed by atoms with Crippen LogP contribution in [-0.4, -0.2) is 11.8 Å². The highest BCUT2D eigenvalue weighted by Crippen LogP contribution is 2.47. The van der Waals surface area contributed by atoms with E-state index >= 15 is 0 Å². The molecule has 2 aliphatic rings. The Balaban J connectivity index is 1.94. The molecule has 0 saturated carbocycles. The molecule has 0 aromatic heterocycles. The van der Waals surface area contributed by atoms with Crippen LogP contribution in [0.3, 0.4) is 0 Å². The molecule has 0 saturated heterocycles. The van der Waals surface area contributed by atoms with Crippen LogP contribution in [0.2, 0.25) is 0 Å². The Morgan fingerprint density at radius 1 is 0.950 bits per heavy atom. The molecule has 1 unspecified atom stereocenters. The Kier molecular flexibility index (Phi) is 1.92. The predicted octanol–water partition coefficient (Wildman–Crippen LogP) is 2.42. The normalized spacial score (nSPS) is 22.4. The Bertz CT molecular complexity index is 783. The molecule has 2 heterocycles. The van der Waals surface area contributed by atoms with E-state index in [0.29, 0.717) is 5.56 Å². The number of benzene rings is 2. The fraction of sp³-hybridized carbons (Fsp3) is 0.0667. The smallest absolute Gasteiger partial charge is 0.347 e. The van der Waals surface area contributed by atoms with Crippen LogP contribution in [0.25, 0.3) is 0 Å². The number of esters is 1. The summed E-state index contributed by atoms with van der Waals surface area (Å²) in [5.74, 6) is -3.33. The maximum absolute atomic E-state index is 13.3. The molecule has 1 atom stereocenters. The quantitative estimate of drug-likeness (QED) is 0.690. The minimum Gasteiger partial charge on any atom is -0.441 e. The predicted molar refractivity (Wildman–Crippen MR) is 64.9 cm³/mol. The van der Waals surface area contributed by atoms with Gasteiger partial charge in [0, 0.05) is 0 Å². The molecule has 5 heteroatoms. The minimum absolute atomic E-state index is 0.0782. The highest BCUT2D eigenvalue weighted by atomic mass is 19.1. The molecule has 0 fully saturated rings. The van der Waals surface area contributed by atoms with Gasteiger partial charge in [0.1, 0.15) is 11.6 Å². The Morgan fingerprint density at radius 2 is 1.75 bits per heavy atom. The largest absolute Gasteiger partial charge is 0.441 e. The van der Waals surface area contributed by atoms with E-state index in [0.717, 1.165) is 6.07 Å². The summed E-state index contributed by atoms with van der Waals surface area (Å²) >= 11 is 0. The summed E-state index contributed by atoms with van der Waals surface area (Å²) in [6.07, 6.45) is 0. The second-order valence-corrected chi connectivity index (χ2v) is 4.62. The van der Waals surface area contributed by atoms with Gasteiger partial charge >= 0.3 is 11.8 Å². The van der Waals surface area contributed by atoms with Crippen molar-refractivity contribution >= 4 is 11.8 Å². The third-order valence-corrected chi connectivity index (χ3v) is 3.48. The van der Waals surface area contributed by atoms with Crippen molar-refractivity contribution in [2.45, 2.75) is 5.79 Å². The zero-order valence-electron chi connectivity index (χ0n) is 10.1. The van der Waals surface area contributed by atoms with Crippen LogP contribution in [0.4, 0.5) is 4.39 Å². The molecule has 0 aliphatic carbocycles. The molecule has 0 N–H and O–H groups in total. The number of hydrogen-bond donors (Lipinski definition) is 0. The summed E-state index contributed by atoms with van der Waals surface area (Å²) in [4.78, 5) is 24.4. The van der Waals surface area contributed by atoms with Crippen LogP contribution in [0.15, 0.2) is 42.5 Å². The molecule has 20 heavy (non-hydrogen) atoms. The first-order valence-electron chi connectivity index (χ1n) is 5.98. The molecule has 2 aromatic carbocycles. The van der Waals surface area contributed by atoms with Crippen molar-refractivity contribution < 1.29 is 23.5 Å². The van der Waals surface area contributed by atoms with Crippen LogP contribution in [0, 0.1) is 5.82 Å². The minimum atomic E-state index is -1.80. The van der Waals surface area contributed by atoms with Crippen LogP contribution >= 0.6 is 0 Å². The molecule has 0 bridgehead atoms. The van der Waals surface area contributed by atoms with Gasteiger partial charge in [0.25, 0.3) is 5.78 Å². The van der Waals surface area contributed by atoms with Gasteiger partial charge in [-0.1, -0.05) is 12.1 Å². The number of rotatable bonds is 0. The number of ether oxygens (including phenoxy) is 2. The van der Waals surface area contributed by atoms with E-state index < -0.39 is 23.4 Å². The summed E-state index contributed by atoms with van der Waals surface area (Å²) in [5, 5.41) is 0. The maximum atomic E-state index is 13.3. The highest BCUT2D eigenvalue weighted by Gasteiger charge is 2.58. The monoisotopic (exact) mass is 270 g/mol. The van der Waals surface area contributed by atoms with Crippen molar-refractivity contribution in [1.29, 1.82) is 0 Å². The molecular formula is C15H7FO4. The molecule has 2 aromatic rings.